The Hall–Kier alpha value is -4.46. The summed E-state index contributed by atoms with van der Waals surface area (Å²) in [6, 6.07) is 11.3. The lowest BCUT2D eigenvalue weighted by Gasteiger charge is -2.35. The Morgan fingerprint density at radius 3 is 2.46 bits per heavy atom. The number of carbonyl (C=O) groups is 3. The molecule has 0 aromatic heterocycles. The van der Waals surface area contributed by atoms with Gasteiger partial charge < -0.3 is 9.80 Å². The van der Waals surface area contributed by atoms with Gasteiger partial charge in [0.15, 0.2) is 0 Å². The van der Waals surface area contributed by atoms with Crippen LogP contribution >= 0.6 is 0 Å². The van der Waals surface area contributed by atoms with Gasteiger partial charge in [0.25, 0.3) is 11.8 Å². The molecule has 2 bridgehead atoms. The quantitative estimate of drug-likeness (QED) is 0.382. The fraction of sp³-hybridized carbons (Fsp3) is 0.231. The van der Waals surface area contributed by atoms with Gasteiger partial charge in [0, 0.05) is 22.9 Å². The molecule has 3 saturated heterocycles. The first-order valence-electron chi connectivity index (χ1n) is 11.4. The second-order valence-corrected chi connectivity index (χ2v) is 9.20. The molecule has 0 N–H and O–H groups in total. The highest BCUT2D eigenvalue weighted by Gasteiger charge is 2.63. The van der Waals surface area contributed by atoms with Gasteiger partial charge in [-0.2, -0.15) is 18.4 Å². The van der Waals surface area contributed by atoms with Crippen molar-refractivity contribution in [1.29, 1.82) is 5.26 Å². The number of imide groups is 1. The van der Waals surface area contributed by atoms with Crippen LogP contribution < -0.4 is 4.90 Å². The third kappa shape index (κ3) is 3.21. The van der Waals surface area contributed by atoms with Crippen molar-refractivity contribution in [1.82, 2.24) is 9.80 Å². The lowest BCUT2D eigenvalue weighted by atomic mass is 10.0. The summed E-state index contributed by atoms with van der Waals surface area (Å²) in [6.45, 7) is 0.0414. The van der Waals surface area contributed by atoms with E-state index in [9.17, 15) is 37.2 Å². The number of urea groups is 1. The predicted molar refractivity (Wildman–Crippen MR) is 122 cm³/mol. The summed E-state index contributed by atoms with van der Waals surface area (Å²) in [7, 11) is 0. The number of halogens is 4. The average molecular weight is 508 g/mol. The van der Waals surface area contributed by atoms with E-state index < -0.39 is 53.5 Å². The maximum Gasteiger partial charge on any atom is 0.419 e. The molecule has 37 heavy (non-hydrogen) atoms. The third-order valence-corrected chi connectivity index (χ3v) is 7.31. The molecule has 11 heteroatoms. The van der Waals surface area contributed by atoms with E-state index in [-0.39, 0.29) is 12.1 Å². The molecular weight excluding hydrogens is 492 g/mol. The Kier molecular flexibility index (Phi) is 4.82. The van der Waals surface area contributed by atoms with Gasteiger partial charge in [-0.15, -0.1) is 0 Å². The topological polar surface area (TPSA) is 84.7 Å². The second-order valence-electron chi connectivity index (χ2n) is 9.20. The Morgan fingerprint density at radius 2 is 1.76 bits per heavy atom. The van der Waals surface area contributed by atoms with Crippen LogP contribution in [0, 0.1) is 17.1 Å². The molecule has 3 heterocycles. The van der Waals surface area contributed by atoms with Crippen LogP contribution in [0.4, 0.5) is 28.0 Å². The molecule has 3 aromatic rings. The van der Waals surface area contributed by atoms with Gasteiger partial charge in [0.05, 0.1) is 35.0 Å². The standard InChI is InChI=1S/C26H16F4N4O3/c27-19-7-5-13(9-18(19)26(28,29)30)23(35)32-12-15-10-21(32)22-24(36)34(25(37)33(15)22)20-8-6-14(11-31)16-3-1-2-4-17(16)20/h1-9,15,21-22H,10,12H2/t15-,21-,22+/m0/s1. The second kappa shape index (κ2) is 7.77. The minimum absolute atomic E-state index is 0.0414. The van der Waals surface area contributed by atoms with E-state index in [1.165, 1.54) is 21.9 Å². The van der Waals surface area contributed by atoms with Gasteiger partial charge in [-0.3, -0.25) is 9.59 Å². The van der Waals surface area contributed by atoms with Crippen molar-refractivity contribution in [3.63, 3.8) is 0 Å². The maximum absolute atomic E-state index is 13.7. The fourth-order valence-electron chi connectivity index (χ4n) is 5.73. The van der Waals surface area contributed by atoms with Crippen LogP contribution in [0.5, 0.6) is 0 Å². The molecule has 3 fully saturated rings. The summed E-state index contributed by atoms with van der Waals surface area (Å²) in [6.07, 6.45) is -4.66. The van der Waals surface area contributed by atoms with Crippen LogP contribution in [0.1, 0.15) is 27.9 Å². The van der Waals surface area contributed by atoms with Gasteiger partial charge in [-0.25, -0.2) is 14.1 Å². The minimum Gasteiger partial charge on any atom is -0.331 e. The largest absolute Gasteiger partial charge is 0.419 e. The molecule has 0 unspecified atom stereocenters. The highest BCUT2D eigenvalue weighted by molar-refractivity contribution is 6.25. The molecule has 4 amide bonds. The molecule has 7 nitrogen and oxygen atoms in total. The lowest BCUT2D eigenvalue weighted by Crippen LogP contribution is -2.54. The molecule has 6 rings (SSSR count). The van der Waals surface area contributed by atoms with E-state index in [4.69, 9.17) is 0 Å². The zero-order chi connectivity index (χ0) is 26.2. The van der Waals surface area contributed by atoms with E-state index in [1.807, 2.05) is 0 Å². The molecule has 3 aliphatic rings. The number of piperazine rings is 1. The smallest absolute Gasteiger partial charge is 0.331 e. The first-order chi connectivity index (χ1) is 17.6. The van der Waals surface area contributed by atoms with Crippen molar-refractivity contribution < 1.29 is 31.9 Å². The van der Waals surface area contributed by atoms with Crippen molar-refractivity contribution in [2.75, 3.05) is 11.4 Å². The van der Waals surface area contributed by atoms with Crippen LogP contribution in [0.3, 0.4) is 0 Å². The first-order valence-corrected chi connectivity index (χ1v) is 11.4. The predicted octanol–water partition coefficient (Wildman–Crippen LogP) is 4.30. The monoisotopic (exact) mass is 508 g/mol. The van der Waals surface area contributed by atoms with E-state index in [0.717, 1.165) is 11.0 Å². The number of fused-ring (bicyclic) bond motifs is 6. The highest BCUT2D eigenvalue weighted by Crippen LogP contribution is 2.44. The molecule has 0 spiro atoms. The number of amides is 4. The molecule has 3 atom stereocenters. The van der Waals surface area contributed by atoms with Crippen LogP contribution in [0.25, 0.3) is 10.8 Å². The zero-order valence-electron chi connectivity index (χ0n) is 18.9. The van der Waals surface area contributed by atoms with Crippen molar-refractivity contribution in [3.8, 4) is 6.07 Å². The minimum atomic E-state index is -4.97. The Bertz CT molecular complexity index is 1560. The Balaban J connectivity index is 1.34. The number of nitrogens with zero attached hydrogens (tertiary/aromatic N) is 4. The number of benzene rings is 3. The molecule has 3 aromatic carbocycles. The van der Waals surface area contributed by atoms with E-state index in [2.05, 4.69) is 6.07 Å². The van der Waals surface area contributed by atoms with Crippen molar-refractivity contribution in [2.24, 2.45) is 0 Å². The number of hydrogen-bond acceptors (Lipinski definition) is 4. The molecule has 0 saturated carbocycles. The van der Waals surface area contributed by atoms with Gasteiger partial charge in [0.1, 0.15) is 11.9 Å². The number of likely N-dealkylation sites (tertiary alicyclic amines) is 1. The van der Waals surface area contributed by atoms with Gasteiger partial charge in [0.2, 0.25) is 0 Å². The van der Waals surface area contributed by atoms with Crippen molar-refractivity contribution >= 4 is 34.3 Å². The highest BCUT2D eigenvalue weighted by atomic mass is 19.4. The molecule has 0 aliphatic carbocycles. The maximum atomic E-state index is 13.7. The lowest BCUT2D eigenvalue weighted by molar-refractivity contribution is -0.140. The Morgan fingerprint density at radius 1 is 1.03 bits per heavy atom. The first kappa shape index (κ1) is 23.0. The normalized spacial score (nSPS) is 22.7. The number of alkyl halides is 3. The number of hydrogen-bond donors (Lipinski definition) is 0. The number of anilines is 1. The third-order valence-electron chi connectivity index (χ3n) is 7.31. The molecule has 3 aliphatic heterocycles. The zero-order valence-corrected chi connectivity index (χ0v) is 18.9. The number of nitriles is 1. The van der Waals surface area contributed by atoms with Crippen molar-refractivity contribution in [2.45, 2.75) is 30.7 Å². The SMILES string of the molecule is N#Cc1ccc(N2C(=O)[C@H]3[C@@H]4C[C@@H](CN4C(=O)c4ccc(F)c(C(F)(F)F)c4)N3C2=O)c2ccccc12. The summed E-state index contributed by atoms with van der Waals surface area (Å²) in [5, 5.41) is 10.5. The molecule has 0 radical (unpaired) electrons. The van der Waals surface area contributed by atoms with Crippen molar-refractivity contribution in [3.05, 3.63) is 77.1 Å². The Labute approximate surface area is 207 Å². The molecular formula is C26H16F4N4O3. The van der Waals surface area contributed by atoms with Gasteiger partial charge in [-0.1, -0.05) is 24.3 Å². The van der Waals surface area contributed by atoms with Crippen LogP contribution in [-0.4, -0.2) is 52.3 Å². The average Bonchev–Trinajstić information content (AvgIpc) is 3.54. The van der Waals surface area contributed by atoms with Gasteiger partial charge in [-0.05, 0) is 36.8 Å². The number of carbonyl (C=O) groups excluding carboxylic acids is 3. The molecule has 186 valence electrons. The summed E-state index contributed by atoms with van der Waals surface area (Å²) in [5.41, 5.74) is -1.20. The number of rotatable bonds is 2. The van der Waals surface area contributed by atoms with Gasteiger partial charge >= 0.3 is 12.2 Å². The summed E-state index contributed by atoms with van der Waals surface area (Å²) in [4.78, 5) is 43.9. The fourth-order valence-corrected chi connectivity index (χ4v) is 5.73. The van der Waals surface area contributed by atoms with E-state index >= 15 is 0 Å². The van der Waals surface area contributed by atoms with E-state index in [1.54, 1.807) is 24.3 Å². The van der Waals surface area contributed by atoms with Crippen LogP contribution in [0.15, 0.2) is 54.6 Å². The summed E-state index contributed by atoms with van der Waals surface area (Å²) >= 11 is 0. The van der Waals surface area contributed by atoms with Crippen LogP contribution in [0.2, 0.25) is 0 Å². The van der Waals surface area contributed by atoms with Crippen LogP contribution in [-0.2, 0) is 11.0 Å². The summed E-state index contributed by atoms with van der Waals surface area (Å²) in [5.74, 6) is -2.81. The van der Waals surface area contributed by atoms with E-state index in [0.29, 0.717) is 40.6 Å². The summed E-state index contributed by atoms with van der Waals surface area (Å²) < 4.78 is 53.3.